The maximum Gasteiger partial charge on any atom is 0.322 e. The first kappa shape index (κ1) is 23.4. The standard InChI is InChI=1S/C18H19N7O7S/c1-10-16(25(27)28)15(22-24(10)2)17(26)19-11-5-7-12(8-6-11)33(29,30)23-13-9-14(31-3)21-18(20-13)32-4/h5-9H,1-4H3,(H,19,26)(H,20,21,23). The summed E-state index contributed by atoms with van der Waals surface area (Å²) >= 11 is 0. The molecule has 0 saturated heterocycles. The smallest absolute Gasteiger partial charge is 0.322 e. The highest BCUT2D eigenvalue weighted by Gasteiger charge is 2.29. The predicted octanol–water partition coefficient (Wildman–Crippen LogP) is 1.50. The van der Waals surface area contributed by atoms with Gasteiger partial charge in [0.05, 0.1) is 24.0 Å². The van der Waals surface area contributed by atoms with Gasteiger partial charge in [-0.05, 0) is 31.2 Å². The third-order valence-electron chi connectivity index (χ3n) is 4.44. The summed E-state index contributed by atoms with van der Waals surface area (Å²) < 4.78 is 38.8. The summed E-state index contributed by atoms with van der Waals surface area (Å²) in [5.74, 6) is -0.787. The number of aromatic nitrogens is 4. The number of hydrogen-bond acceptors (Lipinski definition) is 10. The molecule has 174 valence electrons. The van der Waals surface area contributed by atoms with Gasteiger partial charge in [-0.2, -0.15) is 15.1 Å². The molecule has 0 saturated carbocycles. The number of ether oxygens (including phenoxy) is 2. The van der Waals surface area contributed by atoms with Gasteiger partial charge in [-0.15, -0.1) is 0 Å². The molecular weight excluding hydrogens is 458 g/mol. The second-order valence-electron chi connectivity index (χ2n) is 6.53. The molecule has 1 amide bonds. The fraction of sp³-hybridized carbons (Fsp3) is 0.222. The molecule has 3 rings (SSSR count). The number of carbonyl (C=O) groups is 1. The molecule has 0 atom stereocenters. The molecule has 0 bridgehead atoms. The summed E-state index contributed by atoms with van der Waals surface area (Å²) in [6, 6.07) is 6.32. The Hall–Kier alpha value is -4.27. The molecule has 2 heterocycles. The fourth-order valence-electron chi connectivity index (χ4n) is 2.72. The number of hydrogen-bond donors (Lipinski definition) is 2. The molecule has 2 aromatic heterocycles. The summed E-state index contributed by atoms with van der Waals surface area (Å²) in [5.41, 5.74) is -0.336. The Morgan fingerprint density at radius 2 is 1.82 bits per heavy atom. The quantitative estimate of drug-likeness (QED) is 0.356. The van der Waals surface area contributed by atoms with Gasteiger partial charge in [0.1, 0.15) is 5.69 Å². The zero-order valence-electron chi connectivity index (χ0n) is 17.9. The topological polar surface area (TPSA) is 180 Å². The van der Waals surface area contributed by atoms with E-state index in [1.54, 1.807) is 0 Å². The number of nitrogens with one attached hydrogen (secondary N) is 2. The maximum atomic E-state index is 12.7. The van der Waals surface area contributed by atoms with Gasteiger partial charge in [0.25, 0.3) is 15.9 Å². The van der Waals surface area contributed by atoms with E-state index in [0.717, 1.165) is 0 Å². The molecule has 3 aromatic rings. The summed E-state index contributed by atoms with van der Waals surface area (Å²) in [4.78, 5) is 30.7. The van der Waals surface area contributed by atoms with Crippen molar-refractivity contribution in [3.63, 3.8) is 0 Å². The van der Waals surface area contributed by atoms with E-state index in [9.17, 15) is 23.3 Å². The van der Waals surface area contributed by atoms with Gasteiger partial charge in [-0.1, -0.05) is 0 Å². The third kappa shape index (κ3) is 4.98. The van der Waals surface area contributed by atoms with Crippen molar-refractivity contribution in [1.29, 1.82) is 0 Å². The van der Waals surface area contributed by atoms with Crippen LogP contribution in [0.3, 0.4) is 0 Å². The van der Waals surface area contributed by atoms with Crippen LogP contribution in [0.1, 0.15) is 16.2 Å². The number of sulfonamides is 1. The molecule has 14 nitrogen and oxygen atoms in total. The van der Waals surface area contributed by atoms with Gasteiger partial charge in [0.15, 0.2) is 5.82 Å². The lowest BCUT2D eigenvalue weighted by atomic mass is 10.2. The van der Waals surface area contributed by atoms with Crippen molar-refractivity contribution in [1.82, 2.24) is 19.7 Å². The Balaban J connectivity index is 1.80. The minimum Gasteiger partial charge on any atom is -0.481 e. The van der Waals surface area contributed by atoms with E-state index < -0.39 is 26.5 Å². The van der Waals surface area contributed by atoms with Crippen LogP contribution < -0.4 is 19.5 Å². The van der Waals surface area contributed by atoms with Crippen molar-refractivity contribution < 1.29 is 27.6 Å². The molecule has 33 heavy (non-hydrogen) atoms. The Morgan fingerprint density at radius 1 is 1.15 bits per heavy atom. The SMILES string of the molecule is COc1cc(NS(=O)(=O)c2ccc(NC(=O)c3nn(C)c(C)c3[N+](=O)[O-])cc2)nc(OC)n1. The highest BCUT2D eigenvalue weighted by Crippen LogP contribution is 2.24. The van der Waals surface area contributed by atoms with Crippen molar-refractivity contribution in [3.8, 4) is 11.9 Å². The second kappa shape index (κ2) is 9.07. The minimum atomic E-state index is -4.05. The van der Waals surface area contributed by atoms with Crippen LogP contribution in [0.5, 0.6) is 11.9 Å². The lowest BCUT2D eigenvalue weighted by molar-refractivity contribution is -0.385. The number of amides is 1. The van der Waals surface area contributed by atoms with Crippen LogP contribution in [-0.2, 0) is 17.1 Å². The molecule has 0 spiro atoms. The molecule has 0 aliphatic heterocycles. The van der Waals surface area contributed by atoms with E-state index in [-0.39, 0.29) is 39.7 Å². The fourth-order valence-corrected chi connectivity index (χ4v) is 3.72. The number of methoxy groups -OCH3 is 2. The van der Waals surface area contributed by atoms with E-state index in [2.05, 4.69) is 25.1 Å². The van der Waals surface area contributed by atoms with Crippen LogP contribution in [-0.4, -0.2) is 53.2 Å². The van der Waals surface area contributed by atoms with E-state index in [0.29, 0.717) is 0 Å². The van der Waals surface area contributed by atoms with Crippen molar-refractivity contribution in [2.45, 2.75) is 11.8 Å². The first-order chi connectivity index (χ1) is 15.6. The van der Waals surface area contributed by atoms with Gasteiger partial charge < -0.3 is 14.8 Å². The molecule has 0 radical (unpaired) electrons. The van der Waals surface area contributed by atoms with Crippen LogP contribution in [0.2, 0.25) is 0 Å². The number of benzene rings is 1. The lowest BCUT2D eigenvalue weighted by Crippen LogP contribution is -2.16. The number of aryl methyl sites for hydroxylation is 1. The predicted molar refractivity (Wildman–Crippen MR) is 115 cm³/mol. The first-order valence-electron chi connectivity index (χ1n) is 9.15. The first-order valence-corrected chi connectivity index (χ1v) is 10.6. The third-order valence-corrected chi connectivity index (χ3v) is 5.81. The highest BCUT2D eigenvalue weighted by molar-refractivity contribution is 7.92. The van der Waals surface area contributed by atoms with Gasteiger partial charge in [0.2, 0.25) is 11.6 Å². The molecule has 1 aromatic carbocycles. The van der Waals surface area contributed by atoms with Crippen LogP contribution in [0, 0.1) is 17.0 Å². The Bertz CT molecular complexity index is 1300. The molecule has 0 unspecified atom stereocenters. The van der Waals surface area contributed by atoms with Crippen LogP contribution in [0.4, 0.5) is 17.2 Å². The zero-order chi connectivity index (χ0) is 24.3. The van der Waals surface area contributed by atoms with E-state index in [1.165, 1.54) is 63.2 Å². The van der Waals surface area contributed by atoms with E-state index in [4.69, 9.17) is 9.47 Å². The average Bonchev–Trinajstić information content (AvgIpc) is 3.08. The average molecular weight is 477 g/mol. The molecule has 0 aliphatic carbocycles. The number of nitrogens with zero attached hydrogens (tertiary/aromatic N) is 5. The summed E-state index contributed by atoms with van der Waals surface area (Å²) in [6.07, 6.45) is 0. The van der Waals surface area contributed by atoms with Crippen molar-refractivity contribution in [2.24, 2.45) is 7.05 Å². The number of nitro groups is 1. The van der Waals surface area contributed by atoms with Gasteiger partial charge in [-0.3, -0.25) is 24.3 Å². The zero-order valence-corrected chi connectivity index (χ0v) is 18.7. The lowest BCUT2D eigenvalue weighted by Gasteiger charge is -2.10. The van der Waals surface area contributed by atoms with Gasteiger partial charge in [0, 0.05) is 18.8 Å². The Morgan fingerprint density at radius 3 is 2.39 bits per heavy atom. The summed E-state index contributed by atoms with van der Waals surface area (Å²) in [5, 5.41) is 17.6. The maximum absolute atomic E-state index is 12.7. The van der Waals surface area contributed by atoms with Gasteiger partial charge in [-0.25, -0.2) is 8.42 Å². The monoisotopic (exact) mass is 477 g/mol. The molecule has 0 fully saturated rings. The van der Waals surface area contributed by atoms with E-state index in [1.807, 2.05) is 0 Å². The van der Waals surface area contributed by atoms with Crippen molar-refractivity contribution in [3.05, 3.63) is 51.8 Å². The molecular formula is C18H19N7O7S. The van der Waals surface area contributed by atoms with Crippen LogP contribution >= 0.6 is 0 Å². The second-order valence-corrected chi connectivity index (χ2v) is 8.21. The number of anilines is 2. The molecule has 2 N–H and O–H groups in total. The summed E-state index contributed by atoms with van der Waals surface area (Å²) in [6.45, 7) is 1.47. The summed E-state index contributed by atoms with van der Waals surface area (Å²) in [7, 11) is 0.106. The van der Waals surface area contributed by atoms with E-state index >= 15 is 0 Å². The highest BCUT2D eigenvalue weighted by atomic mass is 32.2. The van der Waals surface area contributed by atoms with Crippen molar-refractivity contribution >= 4 is 33.1 Å². The molecule has 15 heteroatoms. The Kier molecular flexibility index (Phi) is 6.43. The largest absolute Gasteiger partial charge is 0.481 e. The number of carbonyl (C=O) groups excluding carboxylic acids is 1. The minimum absolute atomic E-state index is 0.0751. The molecule has 0 aliphatic rings. The number of rotatable bonds is 8. The normalized spacial score (nSPS) is 11.0. The van der Waals surface area contributed by atoms with Crippen molar-refractivity contribution in [2.75, 3.05) is 24.3 Å². The Labute approximate surface area is 187 Å². The van der Waals surface area contributed by atoms with Crippen LogP contribution in [0.15, 0.2) is 35.2 Å². The van der Waals surface area contributed by atoms with Gasteiger partial charge >= 0.3 is 11.7 Å². The van der Waals surface area contributed by atoms with Crippen LogP contribution in [0.25, 0.3) is 0 Å².